The van der Waals surface area contributed by atoms with Crippen molar-refractivity contribution in [2.75, 3.05) is 0 Å². The molecule has 0 bridgehead atoms. The lowest BCUT2D eigenvalue weighted by atomic mass is 10.0. The molecule has 1 rings (SSSR count). The van der Waals surface area contributed by atoms with E-state index >= 15 is 0 Å². The highest BCUT2D eigenvalue weighted by Crippen LogP contribution is 1.84. The van der Waals surface area contributed by atoms with E-state index in [0.717, 1.165) is 5.69 Å². The van der Waals surface area contributed by atoms with E-state index in [0.29, 0.717) is 0 Å². The summed E-state index contributed by atoms with van der Waals surface area (Å²) >= 11 is 0. The second-order valence-electron chi connectivity index (χ2n) is 1.52. The quantitative estimate of drug-likeness (QED) is 0.479. The summed E-state index contributed by atoms with van der Waals surface area (Å²) in [6.07, 6.45) is 1.77. The predicted octanol–water partition coefficient (Wildman–Crippen LogP) is 0.102. The highest BCUT2D eigenvalue weighted by atomic mass is 15.4. The van der Waals surface area contributed by atoms with E-state index in [1.807, 2.05) is 6.92 Å². The minimum atomic E-state index is 0.239. The predicted molar refractivity (Wildman–Crippen MR) is 31.8 cm³/mol. The SMILES string of the molecule is [2H]C[B]n1cc(C)nn1. The third-order valence-electron chi connectivity index (χ3n) is 0.812. The fourth-order valence-electron chi connectivity index (χ4n) is 0.454. The maximum Gasteiger partial charge on any atom is 0.278 e. The minimum absolute atomic E-state index is 0.239. The molecule has 1 heterocycles. The summed E-state index contributed by atoms with van der Waals surface area (Å²) in [5.41, 5.74) is 0.875. The van der Waals surface area contributed by atoms with E-state index < -0.39 is 0 Å². The number of nitrogens with zero attached hydrogens (tertiary/aromatic N) is 3. The van der Waals surface area contributed by atoms with Gasteiger partial charge in [0, 0.05) is 7.57 Å². The molecule has 3 nitrogen and oxygen atoms in total. The standard InChI is InChI=1S/C4H7BN3/c1-4-3-8(5-2)7-6-4/h3H,1-2H3/i2D. The summed E-state index contributed by atoms with van der Waals surface area (Å²) in [7, 11) is 1.64. The second kappa shape index (κ2) is 1.98. The molecular weight excluding hydrogens is 101 g/mol. The molecule has 0 aliphatic rings. The van der Waals surface area contributed by atoms with E-state index in [1.165, 1.54) is 0 Å². The van der Waals surface area contributed by atoms with Gasteiger partial charge in [-0.05, 0) is 6.92 Å². The molecule has 0 aliphatic carbocycles. The first kappa shape index (κ1) is 4.12. The lowest BCUT2D eigenvalue weighted by Crippen LogP contribution is -2.00. The number of aryl methyl sites for hydroxylation is 1. The van der Waals surface area contributed by atoms with Crippen LogP contribution in [-0.2, 0) is 0 Å². The van der Waals surface area contributed by atoms with Crippen molar-refractivity contribution in [2.45, 2.75) is 13.7 Å². The van der Waals surface area contributed by atoms with Gasteiger partial charge >= 0.3 is 0 Å². The van der Waals surface area contributed by atoms with Gasteiger partial charge in [0.2, 0.25) is 0 Å². The molecule has 0 saturated heterocycles. The largest absolute Gasteiger partial charge is 0.304 e. The molecule has 0 aliphatic heterocycles. The zero-order chi connectivity index (χ0) is 6.69. The Morgan fingerprint density at radius 2 is 2.88 bits per heavy atom. The van der Waals surface area contributed by atoms with Crippen molar-refractivity contribution in [1.29, 1.82) is 0 Å². The van der Waals surface area contributed by atoms with Gasteiger partial charge in [-0.25, -0.2) is 0 Å². The molecule has 8 heavy (non-hydrogen) atoms. The molecule has 0 spiro atoms. The summed E-state index contributed by atoms with van der Waals surface area (Å²) in [5, 5.41) is 7.43. The van der Waals surface area contributed by atoms with Crippen LogP contribution in [0.15, 0.2) is 6.20 Å². The first-order valence-electron chi connectivity index (χ1n) is 3.04. The van der Waals surface area contributed by atoms with Crippen molar-refractivity contribution in [1.82, 2.24) is 14.9 Å². The summed E-state index contributed by atoms with van der Waals surface area (Å²) in [6.45, 7) is 2.10. The lowest BCUT2D eigenvalue weighted by molar-refractivity contribution is 0.864. The van der Waals surface area contributed by atoms with Crippen LogP contribution in [0.4, 0.5) is 0 Å². The van der Waals surface area contributed by atoms with Gasteiger partial charge in [-0.2, -0.15) is 0 Å². The van der Waals surface area contributed by atoms with Crippen LogP contribution in [0.1, 0.15) is 7.06 Å². The van der Waals surface area contributed by atoms with E-state index in [4.69, 9.17) is 1.37 Å². The van der Waals surface area contributed by atoms with Crippen molar-refractivity contribution < 1.29 is 1.37 Å². The molecule has 1 radical (unpaired) electrons. The van der Waals surface area contributed by atoms with Crippen LogP contribution in [-0.4, -0.2) is 22.3 Å². The normalized spacial score (nSPS) is 10.9. The third-order valence-corrected chi connectivity index (χ3v) is 0.812. The Balaban J connectivity index is 2.61. The average molecular weight is 109 g/mol. The van der Waals surface area contributed by atoms with Gasteiger partial charge in [0.05, 0.1) is 5.69 Å². The molecule has 0 unspecified atom stereocenters. The Morgan fingerprint density at radius 3 is 3.38 bits per heavy atom. The van der Waals surface area contributed by atoms with Crippen LogP contribution in [0.3, 0.4) is 0 Å². The van der Waals surface area contributed by atoms with Crippen LogP contribution in [0.25, 0.3) is 0 Å². The number of rotatable bonds is 1. The molecule has 0 saturated carbocycles. The van der Waals surface area contributed by atoms with Gasteiger partial charge in [0.25, 0.3) is 7.41 Å². The van der Waals surface area contributed by atoms with Crippen LogP contribution in [0.2, 0.25) is 6.80 Å². The van der Waals surface area contributed by atoms with Crippen LogP contribution >= 0.6 is 0 Å². The van der Waals surface area contributed by atoms with E-state index in [2.05, 4.69) is 10.3 Å². The van der Waals surface area contributed by atoms with Gasteiger partial charge < -0.3 is 4.59 Å². The Labute approximate surface area is 50.4 Å². The van der Waals surface area contributed by atoms with Gasteiger partial charge in [-0.15, -0.1) is 5.10 Å². The summed E-state index contributed by atoms with van der Waals surface area (Å²) in [5.74, 6) is 0. The number of aromatic nitrogens is 3. The zero-order valence-corrected chi connectivity index (χ0v) is 4.70. The summed E-state index contributed by atoms with van der Waals surface area (Å²) < 4.78 is 8.35. The van der Waals surface area contributed by atoms with Crippen molar-refractivity contribution in [3.8, 4) is 0 Å². The van der Waals surface area contributed by atoms with Crippen molar-refractivity contribution >= 4 is 7.41 Å². The fourth-order valence-corrected chi connectivity index (χ4v) is 0.454. The molecule has 0 fully saturated rings. The summed E-state index contributed by atoms with van der Waals surface area (Å²) in [6, 6.07) is 0. The smallest absolute Gasteiger partial charge is 0.278 e. The molecule has 0 amide bonds. The van der Waals surface area contributed by atoms with Crippen molar-refractivity contribution in [2.24, 2.45) is 0 Å². The average Bonchev–Trinajstić information content (AvgIpc) is 2.17. The van der Waals surface area contributed by atoms with Crippen molar-refractivity contribution in [3.63, 3.8) is 0 Å². The highest BCUT2D eigenvalue weighted by Gasteiger charge is 1.89. The van der Waals surface area contributed by atoms with Crippen LogP contribution in [0, 0.1) is 6.92 Å². The Kier molecular flexibility index (Phi) is 1.02. The van der Waals surface area contributed by atoms with E-state index in [-0.39, 0.29) is 6.80 Å². The molecule has 0 aromatic carbocycles. The van der Waals surface area contributed by atoms with Gasteiger partial charge in [0.1, 0.15) is 0 Å². The zero-order valence-electron chi connectivity index (χ0n) is 5.70. The third kappa shape index (κ3) is 0.884. The first-order valence-corrected chi connectivity index (χ1v) is 2.34. The first-order chi connectivity index (χ1) is 4.33. The molecule has 4 heteroatoms. The Hall–Kier alpha value is -0.795. The molecular formula is C4H7BN3. The van der Waals surface area contributed by atoms with E-state index in [1.54, 1.807) is 18.2 Å². The monoisotopic (exact) mass is 109 g/mol. The van der Waals surface area contributed by atoms with Crippen molar-refractivity contribution in [3.05, 3.63) is 11.9 Å². The molecule has 1 aromatic rings. The maximum atomic E-state index is 6.81. The topological polar surface area (TPSA) is 30.7 Å². The Morgan fingerprint density at radius 1 is 2.00 bits per heavy atom. The van der Waals surface area contributed by atoms with Gasteiger partial charge in [-0.1, -0.05) is 12.0 Å². The second-order valence-corrected chi connectivity index (χ2v) is 1.52. The van der Waals surface area contributed by atoms with Gasteiger partial charge in [-0.3, -0.25) is 0 Å². The Bertz CT molecular complexity index is 188. The molecule has 1 aromatic heterocycles. The summed E-state index contributed by atoms with van der Waals surface area (Å²) in [4.78, 5) is 0. The fraction of sp³-hybridized carbons (Fsp3) is 0.500. The molecule has 0 atom stereocenters. The number of hydrogen-bond donors (Lipinski definition) is 0. The van der Waals surface area contributed by atoms with Crippen LogP contribution < -0.4 is 0 Å². The number of hydrogen-bond acceptors (Lipinski definition) is 2. The molecule has 41 valence electrons. The van der Waals surface area contributed by atoms with Gasteiger partial charge in [0.15, 0.2) is 0 Å². The lowest BCUT2D eigenvalue weighted by Gasteiger charge is -1.83. The minimum Gasteiger partial charge on any atom is -0.304 e. The highest BCUT2D eigenvalue weighted by molar-refractivity contribution is 6.30. The molecule has 0 N–H and O–H groups in total. The van der Waals surface area contributed by atoms with Crippen LogP contribution in [0.5, 0.6) is 0 Å². The maximum absolute atomic E-state index is 6.81. The van der Waals surface area contributed by atoms with E-state index in [9.17, 15) is 0 Å².